The van der Waals surface area contributed by atoms with E-state index in [0.717, 1.165) is 111 Å². The Labute approximate surface area is 461 Å². The summed E-state index contributed by atoms with van der Waals surface area (Å²) in [5.41, 5.74) is 15.5. The van der Waals surface area contributed by atoms with Crippen LogP contribution in [0.1, 0.15) is 45.7 Å². The molecule has 0 N–H and O–H groups in total. The molecule has 4 aromatic heterocycles. The first-order valence-electron chi connectivity index (χ1n) is 29.4. The molecule has 0 saturated carbocycles. The normalized spacial score (nSPS) is 13.6. The van der Waals surface area contributed by atoms with Gasteiger partial charge in [-0.1, -0.05) is 166 Å². The highest BCUT2D eigenvalue weighted by atomic mass is 16.5. The second kappa shape index (κ2) is 17.4. The zero-order valence-electron chi connectivity index (χ0n) is 49.1. The average molecular weight is 1010 g/mol. The second-order valence-electron chi connectivity index (χ2n) is 21.3. The minimum absolute atomic E-state index is 0.0261. The number of imidazole rings is 1. The molecule has 0 bridgehead atoms. The van der Waals surface area contributed by atoms with Gasteiger partial charge in [-0.2, -0.15) is 0 Å². The summed E-state index contributed by atoms with van der Waals surface area (Å²) in [5.74, 6) is 2.14. The van der Waals surface area contributed by atoms with Crippen LogP contribution in [0.3, 0.4) is 0 Å². The lowest BCUT2D eigenvalue weighted by Gasteiger charge is -2.21. The highest BCUT2D eigenvalue weighted by Gasteiger charge is 2.28. The fourth-order valence-electron chi connectivity index (χ4n) is 12.1. The zero-order chi connectivity index (χ0) is 57.4. The Morgan fingerprint density at radius 3 is 1.79 bits per heavy atom. The molecular formula is C72H53N5O. The van der Waals surface area contributed by atoms with E-state index in [1.165, 1.54) is 23.8 Å². The first-order valence-corrected chi connectivity index (χ1v) is 26.4. The van der Waals surface area contributed by atoms with Crippen LogP contribution in [0.25, 0.3) is 122 Å². The van der Waals surface area contributed by atoms with Crippen molar-refractivity contribution >= 4 is 54.6 Å². The van der Waals surface area contributed by atoms with Gasteiger partial charge < -0.3 is 9.30 Å². The zero-order valence-corrected chi connectivity index (χ0v) is 43.1. The number of aryl methyl sites for hydroxylation is 2. The van der Waals surface area contributed by atoms with Crippen molar-refractivity contribution in [2.75, 3.05) is 0 Å². The molecule has 0 fully saturated rings. The highest BCUT2D eigenvalue weighted by molar-refractivity contribution is 6.11. The third-order valence-corrected chi connectivity index (χ3v) is 15.7. The van der Waals surface area contributed by atoms with Crippen LogP contribution < -0.4 is 9.30 Å². The third-order valence-electron chi connectivity index (χ3n) is 15.7. The van der Waals surface area contributed by atoms with E-state index >= 15 is 0 Å². The molecule has 0 saturated heterocycles. The lowest BCUT2D eigenvalue weighted by Crippen LogP contribution is -2.32. The van der Waals surface area contributed by atoms with Crippen molar-refractivity contribution in [3.05, 3.63) is 254 Å². The molecule has 78 heavy (non-hydrogen) atoms. The number of nitrogens with zero attached hydrogens (tertiary/aromatic N) is 5. The van der Waals surface area contributed by atoms with Crippen molar-refractivity contribution in [2.24, 2.45) is 0 Å². The molecule has 0 spiro atoms. The lowest BCUT2D eigenvalue weighted by molar-refractivity contribution is -0.571. The molecular weight excluding hydrogens is 951 g/mol. The van der Waals surface area contributed by atoms with E-state index in [4.69, 9.17) is 17.9 Å². The van der Waals surface area contributed by atoms with Crippen LogP contribution >= 0.6 is 0 Å². The Bertz CT molecular complexity index is 4950. The third kappa shape index (κ3) is 7.03. The smallest absolute Gasteiger partial charge is 0.269 e. The molecule has 6 nitrogen and oxygen atoms in total. The van der Waals surface area contributed by atoms with Crippen LogP contribution in [-0.2, 0) is 5.41 Å². The molecule has 14 aromatic rings. The van der Waals surface area contributed by atoms with Crippen molar-refractivity contribution in [3.63, 3.8) is 0 Å². The van der Waals surface area contributed by atoms with E-state index in [0.29, 0.717) is 17.1 Å². The van der Waals surface area contributed by atoms with Crippen LogP contribution in [0.4, 0.5) is 0 Å². The van der Waals surface area contributed by atoms with E-state index in [2.05, 4.69) is 203 Å². The molecule has 372 valence electrons. The molecule has 1 aliphatic heterocycles. The molecule has 10 aromatic carbocycles. The van der Waals surface area contributed by atoms with Gasteiger partial charge in [0.15, 0.2) is 0 Å². The van der Waals surface area contributed by atoms with Gasteiger partial charge in [0, 0.05) is 42.0 Å². The highest BCUT2D eigenvalue weighted by Crippen LogP contribution is 2.47. The minimum atomic E-state index is -2.61. The quantitative estimate of drug-likeness (QED) is 0.123. The van der Waals surface area contributed by atoms with Crippen molar-refractivity contribution in [3.8, 4) is 78.9 Å². The standard InChI is InChI=1S/C72H53N5O/c1-45-18-14-19-46(2)69(45)47-34-36-54-52-22-6-7-23-53(52)59-27-16-32-65-70(59)75(71-60(61(54)40-47)28-17-33-66(71)76-62-29-11-8-24-55(62)56-25-9-12-30-63(56)76)44-74(65)49-20-15-21-50(42-49)78-51-35-37-58-57-26-10-13-31-64(57)77(67(58)43-51)68-41-48(38-39-73-68)72(3,4)5/h6-43H,1-5H3/i1D3,2D3. The largest absolute Gasteiger partial charge is 0.458 e. The predicted molar refractivity (Wildman–Crippen MR) is 320 cm³/mol. The summed E-state index contributed by atoms with van der Waals surface area (Å²) in [6, 6.07) is 75.5. The first kappa shape index (κ1) is 39.6. The summed E-state index contributed by atoms with van der Waals surface area (Å²) in [6.07, 6.45) is 5.83. The lowest BCUT2D eigenvalue weighted by atomic mass is 9.86. The minimum Gasteiger partial charge on any atom is -0.458 e. The summed E-state index contributed by atoms with van der Waals surface area (Å²) in [4.78, 5) is 4.91. The first-order chi connectivity index (χ1) is 40.6. The van der Waals surface area contributed by atoms with Crippen LogP contribution in [-0.4, -0.2) is 18.7 Å². The van der Waals surface area contributed by atoms with Gasteiger partial charge in [-0.05, 0) is 153 Å². The van der Waals surface area contributed by atoms with E-state index in [1.807, 2.05) is 54.7 Å². The van der Waals surface area contributed by atoms with Gasteiger partial charge in [-0.15, -0.1) is 0 Å². The topological polar surface area (TPSA) is 40.8 Å². The maximum absolute atomic E-state index is 8.71. The summed E-state index contributed by atoms with van der Waals surface area (Å²) in [5, 5.41) is 4.42. The maximum atomic E-state index is 8.71. The Kier molecular flexibility index (Phi) is 8.83. The van der Waals surface area contributed by atoms with Gasteiger partial charge in [-0.3, -0.25) is 13.7 Å². The molecule has 6 heteroatoms. The molecule has 0 radical (unpaired) electrons. The number of ether oxygens (including phenoxy) is 1. The number of aromatic nitrogens is 5. The van der Waals surface area contributed by atoms with E-state index in [1.54, 1.807) is 0 Å². The number of hydrogen-bond donors (Lipinski definition) is 0. The number of pyridine rings is 1. The van der Waals surface area contributed by atoms with Gasteiger partial charge in [0.1, 0.15) is 17.3 Å². The van der Waals surface area contributed by atoms with Crippen molar-refractivity contribution in [2.45, 2.75) is 39.9 Å². The Hall–Kier alpha value is -9.78. The summed E-state index contributed by atoms with van der Waals surface area (Å²) in [6.45, 7) is 1.43. The number of fused-ring (bicyclic) bond motifs is 13. The van der Waals surface area contributed by atoms with Crippen LogP contribution in [0, 0.1) is 20.0 Å². The molecule has 1 aliphatic rings. The second-order valence-corrected chi connectivity index (χ2v) is 21.3. The van der Waals surface area contributed by atoms with Crippen LogP contribution in [0.2, 0.25) is 0 Å². The number of hydrogen-bond acceptors (Lipinski definition) is 2. The van der Waals surface area contributed by atoms with Crippen LogP contribution in [0.15, 0.2) is 231 Å². The maximum Gasteiger partial charge on any atom is 0.269 e. The summed E-state index contributed by atoms with van der Waals surface area (Å²) < 4.78 is 68.0. The van der Waals surface area contributed by atoms with Gasteiger partial charge in [-0.25, -0.2) is 4.98 Å². The predicted octanol–water partition coefficient (Wildman–Crippen LogP) is 18.0. The molecule has 0 aliphatic carbocycles. The van der Waals surface area contributed by atoms with Crippen molar-refractivity contribution < 1.29 is 17.5 Å². The number of benzene rings is 10. The Morgan fingerprint density at radius 2 is 1.06 bits per heavy atom. The monoisotopic (exact) mass is 1010 g/mol. The summed E-state index contributed by atoms with van der Waals surface area (Å²) in [7, 11) is 0. The fraction of sp³-hybridized carbons (Fsp3) is 0.0833. The molecule has 0 amide bonds. The van der Waals surface area contributed by atoms with Crippen molar-refractivity contribution in [1.82, 2.24) is 18.7 Å². The fourth-order valence-corrected chi connectivity index (χ4v) is 12.1. The average Bonchev–Trinajstić information content (AvgIpc) is 2.75. The van der Waals surface area contributed by atoms with E-state index in [-0.39, 0.29) is 22.1 Å². The summed E-state index contributed by atoms with van der Waals surface area (Å²) >= 11 is 0. The van der Waals surface area contributed by atoms with Gasteiger partial charge in [0.05, 0.1) is 50.2 Å². The van der Waals surface area contributed by atoms with Crippen molar-refractivity contribution in [1.29, 1.82) is 0 Å². The Balaban J connectivity index is 0.971. The molecule has 0 unspecified atom stereocenters. The number of rotatable bonds is 6. The van der Waals surface area contributed by atoms with Gasteiger partial charge in [0.25, 0.3) is 6.33 Å². The van der Waals surface area contributed by atoms with Crippen LogP contribution in [0.5, 0.6) is 11.5 Å². The molecule has 15 rings (SSSR count). The Morgan fingerprint density at radius 1 is 0.474 bits per heavy atom. The number of para-hydroxylation sites is 5. The SMILES string of the molecule is [2H]C([2H])([2H])c1cccc(C([2H])([2H])[2H])c1-c1ccc2c(c1)-c1cccc(-n3c4ccccc4c4ccccc43)c1-[n+]1[c-]n(-c3cccc(Oc4ccc5c6ccccc6n(-c6cc(C(C)(C)C)ccn6)c5c4)c3)c3cccc(c31)-c1ccccc1-2. The van der Waals surface area contributed by atoms with E-state index in [9.17, 15) is 0 Å². The molecule has 5 heterocycles. The van der Waals surface area contributed by atoms with Gasteiger partial charge in [0.2, 0.25) is 0 Å². The molecule has 0 atom stereocenters. The van der Waals surface area contributed by atoms with Gasteiger partial charge >= 0.3 is 0 Å². The van der Waals surface area contributed by atoms with E-state index < -0.39 is 13.7 Å².